The summed E-state index contributed by atoms with van der Waals surface area (Å²) in [6.45, 7) is 0. The van der Waals surface area contributed by atoms with Gasteiger partial charge in [0.25, 0.3) is 0 Å². The molecule has 0 atom stereocenters. The van der Waals surface area contributed by atoms with Crippen LogP contribution in [0.15, 0.2) is 103 Å². The SMILES string of the molecule is [Cl][Zr+2][Cl].c1ccc(C[Si](c2cc3ccccc3[cH-]2)c2cc3ccccc3[cH-]2)cc1. The van der Waals surface area contributed by atoms with E-state index in [2.05, 4.69) is 103 Å². The van der Waals surface area contributed by atoms with E-state index >= 15 is 0 Å². The third kappa shape index (κ3) is 5.01. The minimum absolute atomic E-state index is 0.826. The van der Waals surface area contributed by atoms with E-state index in [4.69, 9.17) is 17.0 Å². The maximum atomic E-state index is 4.93. The zero-order valence-electron chi connectivity index (χ0n) is 15.8. The quantitative estimate of drug-likeness (QED) is 0.200. The van der Waals surface area contributed by atoms with Gasteiger partial charge in [-0.2, -0.15) is 22.9 Å². The second kappa shape index (κ2) is 10.0. The molecule has 0 heterocycles. The van der Waals surface area contributed by atoms with Gasteiger partial charge in [0.2, 0.25) is 0 Å². The van der Waals surface area contributed by atoms with Crippen LogP contribution in [0.2, 0.25) is 0 Å². The van der Waals surface area contributed by atoms with Crippen LogP contribution in [0.5, 0.6) is 0 Å². The zero-order chi connectivity index (χ0) is 20.1. The van der Waals surface area contributed by atoms with Gasteiger partial charge in [-0.1, -0.05) is 48.0 Å². The third-order valence-corrected chi connectivity index (χ3v) is 7.89. The predicted molar refractivity (Wildman–Crippen MR) is 126 cm³/mol. The van der Waals surface area contributed by atoms with Crippen LogP contribution in [-0.4, -0.2) is 8.80 Å². The van der Waals surface area contributed by atoms with Crippen LogP contribution in [0.25, 0.3) is 21.5 Å². The summed E-state index contributed by atoms with van der Waals surface area (Å²) in [5.41, 5.74) is 1.43. The predicted octanol–water partition coefficient (Wildman–Crippen LogP) is 6.20. The van der Waals surface area contributed by atoms with E-state index in [1.54, 1.807) is 0 Å². The first-order chi connectivity index (χ1) is 14.3. The number of fused-ring (bicyclic) bond motifs is 2. The first-order valence-electron chi connectivity index (χ1n) is 9.46. The van der Waals surface area contributed by atoms with Gasteiger partial charge in [-0.05, 0) is 6.04 Å². The van der Waals surface area contributed by atoms with Crippen molar-refractivity contribution in [3.8, 4) is 0 Å². The molecule has 0 spiro atoms. The Kier molecular flexibility index (Phi) is 7.21. The summed E-state index contributed by atoms with van der Waals surface area (Å²) >= 11 is -0.826. The third-order valence-electron chi connectivity index (χ3n) is 5.16. The Morgan fingerprint density at radius 1 is 0.655 bits per heavy atom. The molecule has 0 bridgehead atoms. The molecule has 0 aromatic heterocycles. The first kappa shape index (κ1) is 20.8. The normalized spacial score (nSPS) is 10.7. The van der Waals surface area contributed by atoms with Crippen LogP contribution in [0.1, 0.15) is 5.56 Å². The Bertz CT molecular complexity index is 1050. The molecule has 0 N–H and O–H groups in total. The van der Waals surface area contributed by atoms with Gasteiger partial charge in [-0.3, -0.25) is 0 Å². The fourth-order valence-corrected chi connectivity index (χ4v) is 6.52. The molecule has 0 unspecified atom stereocenters. The number of hydrogen-bond acceptors (Lipinski definition) is 0. The van der Waals surface area contributed by atoms with Crippen molar-refractivity contribution in [3.63, 3.8) is 0 Å². The van der Waals surface area contributed by atoms with Gasteiger partial charge in [-0.25, -0.2) is 0 Å². The van der Waals surface area contributed by atoms with E-state index < -0.39 is 29.6 Å². The minimum Gasteiger partial charge on any atom is -0.169 e. The molecule has 0 saturated carbocycles. The fourth-order valence-electron chi connectivity index (χ4n) is 3.82. The van der Waals surface area contributed by atoms with E-state index in [0.29, 0.717) is 0 Å². The van der Waals surface area contributed by atoms with Crippen LogP contribution >= 0.6 is 17.0 Å². The molecular weight excluding hydrogens is 490 g/mol. The van der Waals surface area contributed by atoms with E-state index in [1.165, 1.54) is 37.5 Å². The summed E-state index contributed by atoms with van der Waals surface area (Å²) in [5.74, 6) is 0. The standard InChI is InChI=1S/C25H19Si.2ClH.Zr/c1-2-8-19(9-3-1)18-26(24-14-20-10-4-5-11-21(20)15-24)25-16-22-12-6-7-13-23(22)17-25;;;/h1-17H,18H2;2*1H;/q-2;;;+4/p-2. The molecule has 0 aliphatic heterocycles. The zero-order valence-corrected chi connectivity index (χ0v) is 20.7. The average Bonchev–Trinajstić information content (AvgIpc) is 3.37. The molecule has 4 heteroatoms. The van der Waals surface area contributed by atoms with E-state index in [0.717, 1.165) is 6.04 Å². The molecule has 0 nitrogen and oxygen atoms in total. The Hall–Kier alpha value is -1.44. The van der Waals surface area contributed by atoms with Gasteiger partial charge in [-0.15, -0.1) is 69.7 Å². The topological polar surface area (TPSA) is 0 Å². The number of benzene rings is 3. The van der Waals surface area contributed by atoms with Crippen LogP contribution < -0.4 is 10.4 Å². The molecule has 1 radical (unpaired) electrons. The van der Waals surface area contributed by atoms with Crippen LogP contribution in [-0.2, 0) is 26.9 Å². The molecular formula is C25H19Cl2SiZr. The molecule has 0 fully saturated rings. The van der Waals surface area contributed by atoms with Crippen molar-refractivity contribution >= 4 is 57.7 Å². The second-order valence-corrected chi connectivity index (χ2v) is 13.2. The van der Waals surface area contributed by atoms with Crippen molar-refractivity contribution in [3.05, 3.63) is 109 Å². The number of hydrogen-bond donors (Lipinski definition) is 0. The molecule has 5 aromatic carbocycles. The van der Waals surface area contributed by atoms with Gasteiger partial charge in [0, 0.05) is 0 Å². The summed E-state index contributed by atoms with van der Waals surface area (Å²) in [7, 11) is 8.99. The molecule has 0 aliphatic carbocycles. The van der Waals surface area contributed by atoms with Crippen molar-refractivity contribution in [2.75, 3.05) is 0 Å². The van der Waals surface area contributed by atoms with Crippen LogP contribution in [0.4, 0.5) is 0 Å². The van der Waals surface area contributed by atoms with Gasteiger partial charge in [0.05, 0.1) is 8.80 Å². The Morgan fingerprint density at radius 2 is 1.10 bits per heavy atom. The second-order valence-electron chi connectivity index (χ2n) is 6.96. The van der Waals surface area contributed by atoms with Gasteiger partial charge >= 0.3 is 37.9 Å². The summed E-state index contributed by atoms with van der Waals surface area (Å²) in [6, 6.07) is 39.1. The molecule has 0 aliphatic rings. The molecule has 141 valence electrons. The van der Waals surface area contributed by atoms with Crippen LogP contribution in [0, 0.1) is 0 Å². The van der Waals surface area contributed by atoms with Gasteiger partial charge in [0.15, 0.2) is 0 Å². The number of rotatable bonds is 4. The summed E-state index contributed by atoms with van der Waals surface area (Å²) < 4.78 is 0. The van der Waals surface area contributed by atoms with E-state index in [9.17, 15) is 0 Å². The Labute approximate surface area is 192 Å². The molecule has 0 saturated heterocycles. The molecule has 5 rings (SSSR count). The Morgan fingerprint density at radius 3 is 1.59 bits per heavy atom. The molecule has 29 heavy (non-hydrogen) atoms. The summed E-state index contributed by atoms with van der Waals surface area (Å²) in [5, 5.41) is 8.44. The maximum absolute atomic E-state index is 4.93. The molecule has 0 amide bonds. The van der Waals surface area contributed by atoms with Crippen LogP contribution in [0.3, 0.4) is 0 Å². The molecule has 5 aromatic rings. The minimum atomic E-state index is -0.874. The van der Waals surface area contributed by atoms with Gasteiger partial charge in [0.1, 0.15) is 0 Å². The maximum Gasteiger partial charge on any atom is 0.0826 e. The van der Waals surface area contributed by atoms with E-state index in [-0.39, 0.29) is 0 Å². The average molecular weight is 510 g/mol. The van der Waals surface area contributed by atoms with Crippen molar-refractivity contribution in [2.24, 2.45) is 0 Å². The van der Waals surface area contributed by atoms with Crippen molar-refractivity contribution < 1.29 is 20.8 Å². The smallest absolute Gasteiger partial charge is 0.0826 e. The fraction of sp³-hybridized carbons (Fsp3) is 0.0400. The number of halogens is 2. The van der Waals surface area contributed by atoms with Crippen molar-refractivity contribution in [2.45, 2.75) is 6.04 Å². The largest absolute Gasteiger partial charge is 0.169 e. The van der Waals surface area contributed by atoms with E-state index in [1.807, 2.05) is 0 Å². The van der Waals surface area contributed by atoms with Crippen molar-refractivity contribution in [1.82, 2.24) is 0 Å². The monoisotopic (exact) mass is 507 g/mol. The van der Waals surface area contributed by atoms with Crippen molar-refractivity contribution in [1.29, 1.82) is 0 Å². The first-order valence-corrected chi connectivity index (χ1v) is 17.5. The summed E-state index contributed by atoms with van der Waals surface area (Å²) in [6.07, 6.45) is 0. The Balaban J connectivity index is 0.000000645. The summed E-state index contributed by atoms with van der Waals surface area (Å²) in [4.78, 5) is 0. The van der Waals surface area contributed by atoms with Gasteiger partial charge < -0.3 is 0 Å².